The van der Waals surface area contributed by atoms with Crippen LogP contribution < -0.4 is 10.1 Å². The summed E-state index contributed by atoms with van der Waals surface area (Å²) in [6.45, 7) is 3.33. The topological polar surface area (TPSA) is 111 Å². The predicted octanol–water partition coefficient (Wildman–Crippen LogP) is 2.35. The Hall–Kier alpha value is -2.95. The Morgan fingerprint density at radius 2 is 1.94 bits per heavy atom. The number of anilines is 1. The fourth-order valence-corrected chi connectivity index (χ4v) is 5.16. The summed E-state index contributed by atoms with van der Waals surface area (Å²) in [5.41, 5.74) is 1.34. The number of hydrogen-bond donors (Lipinski definition) is 1. The van der Waals surface area contributed by atoms with Crippen LogP contribution in [0.2, 0.25) is 0 Å². The molecule has 0 saturated carbocycles. The Bertz CT molecular complexity index is 1130. The van der Waals surface area contributed by atoms with E-state index in [1.807, 2.05) is 0 Å². The molecule has 0 radical (unpaired) electrons. The normalized spacial score (nSPS) is 18.7. The molecule has 1 saturated heterocycles. The zero-order chi connectivity index (χ0) is 22.7. The second kappa shape index (κ2) is 9.27. The Morgan fingerprint density at radius 3 is 2.69 bits per heavy atom. The van der Waals surface area contributed by atoms with Gasteiger partial charge in [0.2, 0.25) is 15.9 Å². The Balaban J connectivity index is 1.55. The molecular formula is C22H24N2O7S. The van der Waals surface area contributed by atoms with Crippen molar-refractivity contribution in [3.63, 3.8) is 0 Å². The van der Waals surface area contributed by atoms with Crippen molar-refractivity contribution in [3.05, 3.63) is 53.6 Å². The van der Waals surface area contributed by atoms with Gasteiger partial charge in [-0.3, -0.25) is 4.79 Å². The van der Waals surface area contributed by atoms with Crippen LogP contribution in [0.4, 0.5) is 5.69 Å². The zero-order valence-electron chi connectivity index (χ0n) is 17.6. The molecule has 32 heavy (non-hydrogen) atoms. The van der Waals surface area contributed by atoms with Gasteiger partial charge in [0.25, 0.3) is 0 Å². The number of hydrogen-bond acceptors (Lipinski definition) is 7. The third-order valence-electron chi connectivity index (χ3n) is 5.28. The van der Waals surface area contributed by atoms with Crippen molar-refractivity contribution in [2.24, 2.45) is 0 Å². The highest BCUT2D eigenvalue weighted by Gasteiger charge is 2.32. The molecule has 4 rings (SSSR count). The molecule has 2 heterocycles. The van der Waals surface area contributed by atoms with E-state index in [1.54, 1.807) is 31.2 Å². The molecule has 2 aliphatic rings. The van der Waals surface area contributed by atoms with Gasteiger partial charge in [-0.2, -0.15) is 4.31 Å². The van der Waals surface area contributed by atoms with Gasteiger partial charge < -0.3 is 19.5 Å². The fourth-order valence-electron chi connectivity index (χ4n) is 3.73. The lowest BCUT2D eigenvalue weighted by atomic mass is 10.0. The van der Waals surface area contributed by atoms with Crippen molar-refractivity contribution in [1.82, 2.24) is 4.31 Å². The number of carbonyl (C=O) groups excluding carboxylic acids is 2. The monoisotopic (exact) mass is 460 g/mol. The maximum atomic E-state index is 13.0. The smallest absolute Gasteiger partial charge is 0.339 e. The average Bonchev–Trinajstić information content (AvgIpc) is 3.11. The lowest BCUT2D eigenvalue weighted by molar-refractivity contribution is -0.118. The summed E-state index contributed by atoms with van der Waals surface area (Å²) in [4.78, 5) is 24.8. The maximum absolute atomic E-state index is 13.0. The minimum Gasteiger partial charge on any atom is -0.492 e. The van der Waals surface area contributed by atoms with E-state index in [1.165, 1.54) is 22.5 Å². The largest absolute Gasteiger partial charge is 0.492 e. The third-order valence-corrected chi connectivity index (χ3v) is 7.18. The highest BCUT2D eigenvalue weighted by atomic mass is 32.2. The minimum atomic E-state index is -3.74. The van der Waals surface area contributed by atoms with Gasteiger partial charge in [0.1, 0.15) is 11.9 Å². The molecule has 0 bridgehead atoms. The van der Waals surface area contributed by atoms with Crippen molar-refractivity contribution in [1.29, 1.82) is 0 Å². The lowest BCUT2D eigenvalue weighted by Crippen LogP contribution is -2.40. The van der Waals surface area contributed by atoms with Gasteiger partial charge >= 0.3 is 5.97 Å². The summed E-state index contributed by atoms with van der Waals surface area (Å²) >= 11 is 0. The highest BCUT2D eigenvalue weighted by molar-refractivity contribution is 7.89. The molecule has 2 aromatic rings. The number of sulfonamides is 1. The molecule has 1 N–H and O–H groups in total. The number of ether oxygens (including phenoxy) is 3. The van der Waals surface area contributed by atoms with Gasteiger partial charge in [-0.05, 0) is 31.2 Å². The van der Waals surface area contributed by atoms with Crippen LogP contribution >= 0.6 is 0 Å². The fraction of sp³-hybridized carbons (Fsp3) is 0.364. The number of nitrogens with zero attached hydrogens (tertiary/aromatic N) is 1. The van der Waals surface area contributed by atoms with Gasteiger partial charge in [-0.1, -0.05) is 18.2 Å². The first kappa shape index (κ1) is 22.3. The van der Waals surface area contributed by atoms with E-state index in [2.05, 4.69) is 5.32 Å². The van der Waals surface area contributed by atoms with Gasteiger partial charge in [-0.15, -0.1) is 0 Å². The number of cyclic esters (lactones) is 1. The number of esters is 1. The van der Waals surface area contributed by atoms with E-state index in [4.69, 9.17) is 14.2 Å². The van der Waals surface area contributed by atoms with E-state index in [-0.39, 0.29) is 30.1 Å². The molecule has 1 amide bonds. The Labute approximate surface area is 186 Å². The van der Waals surface area contributed by atoms with E-state index in [0.29, 0.717) is 36.7 Å². The number of fused-ring (bicyclic) bond motifs is 1. The standard InChI is InChI=1S/C22H24N2O7S/c1-2-30-19-8-7-15(32(27,28)24-9-11-29-12-10-24)13-18(19)23-21(25)14-20-16-5-3-4-6-17(16)22(26)31-20/h3-8,13,20H,2,9-12,14H2,1H3,(H,23,25)/t20-/m0/s1. The summed E-state index contributed by atoms with van der Waals surface area (Å²) < 4.78 is 43.5. The maximum Gasteiger partial charge on any atom is 0.339 e. The van der Waals surface area contributed by atoms with Crippen molar-refractivity contribution < 1.29 is 32.2 Å². The molecule has 1 atom stereocenters. The van der Waals surface area contributed by atoms with Gasteiger partial charge in [0.05, 0.1) is 42.4 Å². The van der Waals surface area contributed by atoms with E-state index >= 15 is 0 Å². The van der Waals surface area contributed by atoms with Gasteiger partial charge in [0, 0.05) is 18.7 Å². The molecule has 0 unspecified atom stereocenters. The summed E-state index contributed by atoms with van der Waals surface area (Å²) in [5, 5.41) is 2.72. The molecule has 0 aromatic heterocycles. The molecule has 2 aliphatic heterocycles. The van der Waals surface area contributed by atoms with Crippen molar-refractivity contribution in [2.45, 2.75) is 24.3 Å². The first-order valence-electron chi connectivity index (χ1n) is 10.3. The minimum absolute atomic E-state index is 0.0517. The molecular weight excluding hydrogens is 436 g/mol. The first-order chi connectivity index (χ1) is 15.4. The summed E-state index contributed by atoms with van der Waals surface area (Å²) in [7, 11) is -3.74. The summed E-state index contributed by atoms with van der Waals surface area (Å²) in [6, 6.07) is 11.3. The van der Waals surface area contributed by atoms with Gasteiger partial charge in [-0.25, -0.2) is 13.2 Å². The number of rotatable bonds is 7. The molecule has 9 nitrogen and oxygen atoms in total. The summed E-state index contributed by atoms with van der Waals surface area (Å²) in [6.07, 6.45) is -0.802. The highest BCUT2D eigenvalue weighted by Crippen LogP contribution is 2.34. The van der Waals surface area contributed by atoms with Crippen LogP contribution in [0.5, 0.6) is 5.75 Å². The van der Waals surface area contributed by atoms with Crippen LogP contribution in [-0.2, 0) is 24.3 Å². The van der Waals surface area contributed by atoms with Crippen LogP contribution in [0, 0.1) is 0 Å². The molecule has 2 aromatic carbocycles. The summed E-state index contributed by atoms with van der Waals surface area (Å²) in [5.74, 6) is -0.543. The quantitative estimate of drug-likeness (QED) is 0.632. The van der Waals surface area contributed by atoms with E-state index in [9.17, 15) is 18.0 Å². The Morgan fingerprint density at radius 1 is 1.19 bits per heavy atom. The van der Waals surface area contributed by atoms with Crippen LogP contribution in [0.1, 0.15) is 35.4 Å². The lowest BCUT2D eigenvalue weighted by Gasteiger charge is -2.26. The number of nitrogens with one attached hydrogen (secondary N) is 1. The molecule has 0 spiro atoms. The average molecular weight is 461 g/mol. The van der Waals surface area contributed by atoms with Gasteiger partial charge in [0.15, 0.2) is 0 Å². The molecule has 10 heteroatoms. The van der Waals surface area contributed by atoms with Crippen LogP contribution in [-0.4, -0.2) is 57.5 Å². The van der Waals surface area contributed by atoms with E-state index < -0.39 is 28.0 Å². The number of amides is 1. The van der Waals surface area contributed by atoms with Crippen molar-refractivity contribution >= 4 is 27.6 Å². The molecule has 170 valence electrons. The first-order valence-corrected chi connectivity index (χ1v) is 11.8. The third kappa shape index (κ3) is 4.47. The van der Waals surface area contributed by atoms with Crippen LogP contribution in [0.25, 0.3) is 0 Å². The van der Waals surface area contributed by atoms with Crippen molar-refractivity contribution in [2.75, 3.05) is 38.2 Å². The number of carbonyl (C=O) groups is 2. The second-order valence-corrected chi connectivity index (χ2v) is 9.28. The Kier molecular flexibility index (Phi) is 6.45. The SMILES string of the molecule is CCOc1ccc(S(=O)(=O)N2CCOCC2)cc1NC(=O)C[C@@H]1OC(=O)c2ccccc21. The predicted molar refractivity (Wildman–Crippen MR) is 115 cm³/mol. The van der Waals surface area contributed by atoms with Crippen LogP contribution in [0.15, 0.2) is 47.4 Å². The molecule has 1 fully saturated rings. The van der Waals surface area contributed by atoms with Crippen LogP contribution in [0.3, 0.4) is 0 Å². The van der Waals surface area contributed by atoms with Crippen molar-refractivity contribution in [3.8, 4) is 5.75 Å². The number of benzene rings is 2. The second-order valence-electron chi connectivity index (χ2n) is 7.34. The molecule has 0 aliphatic carbocycles. The number of morpholine rings is 1. The zero-order valence-corrected chi connectivity index (χ0v) is 18.4. The van der Waals surface area contributed by atoms with E-state index in [0.717, 1.165) is 0 Å².